The van der Waals surface area contributed by atoms with E-state index < -0.39 is 0 Å². The fraction of sp³-hybridized carbons (Fsp3) is 0.167. The molecule has 2 N–H and O–H groups in total. The highest BCUT2D eigenvalue weighted by Gasteiger charge is 2.14. The van der Waals surface area contributed by atoms with Gasteiger partial charge in [0.25, 0.3) is 0 Å². The number of aromatic nitrogens is 2. The summed E-state index contributed by atoms with van der Waals surface area (Å²) in [5, 5.41) is 0.418. The molecule has 19 heavy (non-hydrogen) atoms. The maximum Gasteiger partial charge on any atom is 0.179 e. The van der Waals surface area contributed by atoms with Gasteiger partial charge in [0.1, 0.15) is 5.82 Å². The smallest absolute Gasteiger partial charge is 0.179 e. The topological polar surface area (TPSA) is 70.3 Å². The Kier molecular flexibility index (Phi) is 4.11. The second-order valence-corrected chi connectivity index (χ2v) is 4.88. The molecule has 0 atom stereocenters. The van der Waals surface area contributed by atoms with Crippen LogP contribution in [-0.2, 0) is 0 Å². The highest BCUT2D eigenvalue weighted by atomic mass is 79.9. The summed E-state index contributed by atoms with van der Waals surface area (Å²) < 4.78 is 11.0. The van der Waals surface area contributed by atoms with Crippen molar-refractivity contribution in [2.75, 3.05) is 20.0 Å². The van der Waals surface area contributed by atoms with Crippen LogP contribution in [0.2, 0.25) is 5.02 Å². The van der Waals surface area contributed by atoms with Crippen LogP contribution in [0.4, 0.5) is 5.82 Å². The number of ether oxygens (including phenoxy) is 2. The molecule has 5 nitrogen and oxygen atoms in total. The number of methoxy groups -OCH3 is 2. The zero-order valence-electron chi connectivity index (χ0n) is 10.3. The predicted molar refractivity (Wildman–Crippen MR) is 77.7 cm³/mol. The molecule has 100 valence electrons. The summed E-state index contributed by atoms with van der Waals surface area (Å²) in [6.45, 7) is 0. The van der Waals surface area contributed by atoms with Gasteiger partial charge in [0, 0.05) is 11.8 Å². The largest absolute Gasteiger partial charge is 0.493 e. The molecule has 1 heterocycles. The second-order valence-electron chi connectivity index (χ2n) is 3.62. The number of hydrogen-bond donors (Lipinski definition) is 1. The third kappa shape index (κ3) is 2.74. The van der Waals surface area contributed by atoms with Gasteiger partial charge in [-0.05, 0) is 28.1 Å². The first-order valence-electron chi connectivity index (χ1n) is 5.26. The molecule has 0 spiro atoms. The molecule has 0 amide bonds. The Labute approximate surface area is 123 Å². The van der Waals surface area contributed by atoms with Crippen LogP contribution in [0, 0.1) is 0 Å². The first kappa shape index (κ1) is 13.9. The third-order valence-electron chi connectivity index (χ3n) is 2.46. The maximum absolute atomic E-state index is 6.13. The molecule has 0 saturated heterocycles. The van der Waals surface area contributed by atoms with Crippen molar-refractivity contribution in [3.63, 3.8) is 0 Å². The van der Waals surface area contributed by atoms with Crippen LogP contribution in [0.1, 0.15) is 0 Å². The molecule has 1 aromatic carbocycles. The molecule has 1 aromatic heterocycles. The van der Waals surface area contributed by atoms with E-state index in [1.807, 2.05) is 0 Å². The van der Waals surface area contributed by atoms with Crippen molar-refractivity contribution in [2.24, 2.45) is 0 Å². The van der Waals surface area contributed by atoms with Gasteiger partial charge in [0.05, 0.1) is 23.7 Å². The van der Waals surface area contributed by atoms with Gasteiger partial charge in [0.15, 0.2) is 17.3 Å². The van der Waals surface area contributed by atoms with Gasteiger partial charge in [-0.2, -0.15) is 0 Å². The van der Waals surface area contributed by atoms with E-state index in [1.54, 1.807) is 18.3 Å². The molecule has 0 aliphatic rings. The van der Waals surface area contributed by atoms with E-state index in [9.17, 15) is 0 Å². The number of halogens is 2. The van der Waals surface area contributed by atoms with E-state index in [-0.39, 0.29) is 0 Å². The first-order valence-corrected chi connectivity index (χ1v) is 6.43. The number of nitrogens with zero attached hydrogens (tertiary/aromatic N) is 2. The fourth-order valence-electron chi connectivity index (χ4n) is 1.57. The summed E-state index contributed by atoms with van der Waals surface area (Å²) in [6.07, 6.45) is 1.59. The molecule has 0 fully saturated rings. The summed E-state index contributed by atoms with van der Waals surface area (Å²) >= 11 is 9.38. The zero-order chi connectivity index (χ0) is 14.0. The number of benzene rings is 1. The third-order valence-corrected chi connectivity index (χ3v) is 3.35. The molecular formula is C12H11BrClN3O2. The summed E-state index contributed by atoms with van der Waals surface area (Å²) in [5.74, 6) is 1.80. The van der Waals surface area contributed by atoms with Gasteiger partial charge in [-0.1, -0.05) is 11.6 Å². The van der Waals surface area contributed by atoms with Crippen LogP contribution < -0.4 is 15.2 Å². The van der Waals surface area contributed by atoms with E-state index >= 15 is 0 Å². The molecule has 7 heteroatoms. The lowest BCUT2D eigenvalue weighted by atomic mass is 10.2. The van der Waals surface area contributed by atoms with Gasteiger partial charge in [-0.3, -0.25) is 0 Å². The van der Waals surface area contributed by atoms with Crippen molar-refractivity contribution in [2.45, 2.75) is 0 Å². The Balaban J connectivity index is 2.56. The molecule has 0 aliphatic heterocycles. The van der Waals surface area contributed by atoms with Crippen LogP contribution in [0.5, 0.6) is 11.5 Å². The monoisotopic (exact) mass is 343 g/mol. The molecule has 2 rings (SSSR count). The van der Waals surface area contributed by atoms with Gasteiger partial charge in [0.2, 0.25) is 0 Å². The highest BCUT2D eigenvalue weighted by molar-refractivity contribution is 9.10. The molecular weight excluding hydrogens is 334 g/mol. The van der Waals surface area contributed by atoms with Crippen LogP contribution in [-0.4, -0.2) is 24.2 Å². The molecule has 0 aliphatic carbocycles. The van der Waals surface area contributed by atoms with Crippen molar-refractivity contribution in [3.8, 4) is 22.9 Å². The molecule has 0 radical (unpaired) electrons. The van der Waals surface area contributed by atoms with Crippen molar-refractivity contribution in [1.82, 2.24) is 9.97 Å². The van der Waals surface area contributed by atoms with Crippen molar-refractivity contribution in [3.05, 3.63) is 27.8 Å². The molecule has 0 saturated carbocycles. The molecule has 2 aromatic rings. The van der Waals surface area contributed by atoms with Crippen LogP contribution in [0.15, 0.2) is 22.8 Å². The highest BCUT2D eigenvalue weighted by Crippen LogP contribution is 2.38. The second kappa shape index (κ2) is 5.63. The molecule has 0 unspecified atom stereocenters. The van der Waals surface area contributed by atoms with Crippen LogP contribution in [0.3, 0.4) is 0 Å². The van der Waals surface area contributed by atoms with E-state index in [0.29, 0.717) is 38.2 Å². The Morgan fingerprint density at radius 3 is 2.58 bits per heavy atom. The van der Waals surface area contributed by atoms with E-state index in [2.05, 4.69) is 25.9 Å². The molecule has 0 bridgehead atoms. The predicted octanol–water partition coefficient (Wildman–Crippen LogP) is 3.16. The number of rotatable bonds is 3. The average molecular weight is 345 g/mol. The van der Waals surface area contributed by atoms with Gasteiger partial charge in [-0.25, -0.2) is 9.97 Å². The van der Waals surface area contributed by atoms with Crippen LogP contribution >= 0.6 is 27.5 Å². The van der Waals surface area contributed by atoms with Gasteiger partial charge < -0.3 is 15.2 Å². The number of nitrogen functional groups attached to an aromatic ring is 1. The Morgan fingerprint density at radius 1 is 1.26 bits per heavy atom. The number of hydrogen-bond acceptors (Lipinski definition) is 5. The lowest BCUT2D eigenvalue weighted by Crippen LogP contribution is -1.98. The summed E-state index contributed by atoms with van der Waals surface area (Å²) in [6, 6.07) is 3.44. The Hall–Kier alpha value is -1.53. The van der Waals surface area contributed by atoms with Gasteiger partial charge >= 0.3 is 0 Å². The van der Waals surface area contributed by atoms with E-state index in [4.69, 9.17) is 26.8 Å². The normalized spacial score (nSPS) is 10.3. The Morgan fingerprint density at radius 2 is 2.00 bits per heavy atom. The quantitative estimate of drug-likeness (QED) is 0.926. The first-order chi connectivity index (χ1) is 9.06. The van der Waals surface area contributed by atoms with Crippen molar-refractivity contribution in [1.29, 1.82) is 0 Å². The van der Waals surface area contributed by atoms with Crippen molar-refractivity contribution >= 4 is 33.3 Å². The lowest BCUT2D eigenvalue weighted by molar-refractivity contribution is 0.355. The number of nitrogens with two attached hydrogens (primary N) is 1. The maximum atomic E-state index is 6.13. The lowest BCUT2D eigenvalue weighted by Gasteiger charge is -2.11. The van der Waals surface area contributed by atoms with E-state index in [0.717, 1.165) is 0 Å². The standard InChI is InChI=1S/C12H11BrClN3O2/c1-18-9-4-6(3-8(14)10(9)19-2)12-16-5-7(13)11(15)17-12/h3-5H,1-2H3,(H2,15,16,17). The Bertz CT molecular complexity index is 622. The summed E-state index contributed by atoms with van der Waals surface area (Å²) in [5.41, 5.74) is 6.43. The minimum atomic E-state index is 0.357. The SMILES string of the molecule is COc1cc(-c2ncc(Br)c(N)n2)cc(Cl)c1OC. The summed E-state index contributed by atoms with van der Waals surface area (Å²) in [7, 11) is 3.06. The number of anilines is 1. The summed E-state index contributed by atoms with van der Waals surface area (Å²) in [4.78, 5) is 8.37. The fourth-order valence-corrected chi connectivity index (χ4v) is 2.05. The zero-order valence-corrected chi connectivity index (χ0v) is 12.6. The minimum Gasteiger partial charge on any atom is -0.493 e. The average Bonchev–Trinajstić information content (AvgIpc) is 2.40. The van der Waals surface area contributed by atoms with E-state index in [1.165, 1.54) is 14.2 Å². The van der Waals surface area contributed by atoms with Crippen molar-refractivity contribution < 1.29 is 9.47 Å². The minimum absolute atomic E-state index is 0.357. The van der Waals surface area contributed by atoms with Gasteiger partial charge in [-0.15, -0.1) is 0 Å². The van der Waals surface area contributed by atoms with Crippen LogP contribution in [0.25, 0.3) is 11.4 Å².